The molecule has 0 aromatic rings. The predicted octanol–water partition coefficient (Wildman–Crippen LogP) is 7.27. The van der Waals surface area contributed by atoms with Crippen LogP contribution in [0.3, 0.4) is 0 Å². The molecular weight excluding hydrogens is 340 g/mol. The van der Waals surface area contributed by atoms with E-state index in [1.54, 1.807) is 5.57 Å². The molecule has 0 saturated heterocycles. The summed E-state index contributed by atoms with van der Waals surface area (Å²) in [5.74, 6) is 1.81. The second kappa shape index (κ2) is 8.58. The Bertz CT molecular complexity index is 505. The third-order valence-corrected chi connectivity index (χ3v) is 11.0. The Labute approximate surface area is 159 Å². The minimum atomic E-state index is -1.60. The van der Waals surface area contributed by atoms with Crippen molar-refractivity contribution in [1.29, 1.82) is 0 Å². The monoisotopic (exact) mass is 382 g/mol. The molecule has 0 amide bonds. The molecule has 0 N–H and O–H groups in total. The maximum absolute atomic E-state index is 6.32. The van der Waals surface area contributed by atoms with E-state index in [9.17, 15) is 0 Å². The molecule has 146 valence electrons. The zero-order chi connectivity index (χ0) is 19.5. The van der Waals surface area contributed by atoms with Crippen molar-refractivity contribution in [3.63, 3.8) is 0 Å². The molecule has 4 heteroatoms. The van der Waals surface area contributed by atoms with Crippen LogP contribution in [0.1, 0.15) is 60.3 Å². The van der Waals surface area contributed by atoms with Gasteiger partial charge in [0.05, 0.1) is 0 Å². The highest BCUT2D eigenvalue weighted by Crippen LogP contribution is 2.37. The first-order valence-electron chi connectivity index (χ1n) is 9.98. The summed E-state index contributed by atoms with van der Waals surface area (Å²) in [6, 6.07) is 0. The van der Waals surface area contributed by atoms with Gasteiger partial charge in [-0.2, -0.15) is 0 Å². The molecule has 0 radical (unpaired) electrons. The molecule has 0 aromatic heterocycles. The first-order valence-corrected chi connectivity index (χ1v) is 16.3. The van der Waals surface area contributed by atoms with Crippen LogP contribution in [0.5, 0.6) is 0 Å². The summed E-state index contributed by atoms with van der Waals surface area (Å²) < 4.78 is 12.6. The minimum Gasteiger partial charge on any atom is -0.544 e. The molecule has 2 nitrogen and oxygen atoms in total. The lowest BCUT2D eigenvalue weighted by molar-refractivity contribution is 0.278. The maximum Gasteiger partial charge on any atom is 0.242 e. The quantitative estimate of drug-likeness (QED) is 0.324. The molecular formula is C21H42O2Si2. The van der Waals surface area contributed by atoms with Crippen LogP contribution >= 0.6 is 0 Å². The van der Waals surface area contributed by atoms with Crippen LogP contribution in [-0.4, -0.2) is 23.2 Å². The third kappa shape index (κ3) is 7.07. The van der Waals surface area contributed by atoms with Crippen LogP contribution in [0.2, 0.25) is 37.8 Å². The van der Waals surface area contributed by atoms with Gasteiger partial charge in [0.25, 0.3) is 0 Å². The summed E-state index contributed by atoms with van der Waals surface area (Å²) >= 11 is 0. The van der Waals surface area contributed by atoms with Gasteiger partial charge in [0, 0.05) is 6.61 Å². The van der Waals surface area contributed by atoms with E-state index >= 15 is 0 Å². The van der Waals surface area contributed by atoms with Gasteiger partial charge in [-0.25, -0.2) is 0 Å². The van der Waals surface area contributed by atoms with E-state index in [-0.39, 0.29) is 0 Å². The lowest BCUT2D eigenvalue weighted by Gasteiger charge is -2.36. The van der Waals surface area contributed by atoms with Crippen LogP contribution < -0.4 is 0 Å². The van der Waals surface area contributed by atoms with Gasteiger partial charge in [0.15, 0.2) is 8.32 Å². The zero-order valence-electron chi connectivity index (χ0n) is 18.5. The molecule has 0 bridgehead atoms. The summed E-state index contributed by atoms with van der Waals surface area (Å²) in [4.78, 5) is 0. The topological polar surface area (TPSA) is 18.5 Å². The van der Waals surface area contributed by atoms with E-state index in [1.807, 2.05) is 0 Å². The van der Waals surface area contributed by atoms with Crippen molar-refractivity contribution >= 4 is 16.6 Å². The molecule has 0 fully saturated rings. The highest BCUT2D eigenvalue weighted by atomic mass is 28.4. The van der Waals surface area contributed by atoms with E-state index in [0.717, 1.165) is 25.2 Å². The van der Waals surface area contributed by atoms with Gasteiger partial charge in [-0.1, -0.05) is 33.3 Å². The Kier molecular flexibility index (Phi) is 7.79. The second-order valence-electron chi connectivity index (χ2n) is 10.1. The van der Waals surface area contributed by atoms with Crippen LogP contribution in [-0.2, 0) is 8.85 Å². The van der Waals surface area contributed by atoms with E-state index in [0.29, 0.717) is 11.0 Å². The summed E-state index contributed by atoms with van der Waals surface area (Å²) in [5, 5.41) is 0.303. The Hall–Kier alpha value is -0.326. The van der Waals surface area contributed by atoms with E-state index in [2.05, 4.69) is 73.4 Å². The van der Waals surface area contributed by atoms with Crippen molar-refractivity contribution in [2.75, 3.05) is 6.61 Å². The molecule has 0 aromatic carbocycles. The van der Waals surface area contributed by atoms with E-state index in [1.165, 1.54) is 18.4 Å². The number of hydrogen-bond donors (Lipinski definition) is 0. The fourth-order valence-electron chi connectivity index (χ4n) is 2.95. The molecule has 0 aliphatic heterocycles. The normalized spacial score (nSPS) is 19.9. The van der Waals surface area contributed by atoms with Crippen LogP contribution in [0.25, 0.3) is 0 Å². The van der Waals surface area contributed by atoms with Gasteiger partial charge >= 0.3 is 0 Å². The molecule has 1 rings (SSSR count). The number of hydrogen-bond acceptors (Lipinski definition) is 2. The average Bonchev–Trinajstić information content (AvgIpc) is 2.42. The standard InChI is InChI=1S/C21H42O2Si2/c1-17-14-15-20(23-24(6,7)8)18(2)19(17)13-11-12-16-22-25(9,10)21(3,4)5/h15,17H,11-14,16H2,1-10H3. The highest BCUT2D eigenvalue weighted by molar-refractivity contribution is 6.74. The molecule has 0 spiro atoms. The summed E-state index contributed by atoms with van der Waals surface area (Å²) in [7, 11) is -3.13. The number of allylic oxidation sites excluding steroid dienone is 3. The SMILES string of the molecule is CC1=C(CCCCO[Si](C)(C)C(C)(C)C)C(C)CC=C1O[Si](C)(C)C. The number of rotatable bonds is 8. The zero-order valence-corrected chi connectivity index (χ0v) is 20.5. The van der Waals surface area contributed by atoms with Crippen LogP contribution in [0.4, 0.5) is 0 Å². The molecule has 1 aliphatic carbocycles. The second-order valence-corrected chi connectivity index (χ2v) is 19.4. The lowest BCUT2D eigenvalue weighted by atomic mass is 9.85. The predicted molar refractivity (Wildman–Crippen MR) is 116 cm³/mol. The smallest absolute Gasteiger partial charge is 0.242 e. The average molecular weight is 383 g/mol. The first-order chi connectivity index (χ1) is 11.2. The largest absolute Gasteiger partial charge is 0.544 e. The van der Waals surface area contributed by atoms with Crippen LogP contribution in [0.15, 0.2) is 23.0 Å². The Morgan fingerprint density at radius 3 is 2.20 bits per heavy atom. The van der Waals surface area contributed by atoms with Crippen molar-refractivity contribution in [1.82, 2.24) is 0 Å². The lowest BCUT2D eigenvalue weighted by Crippen LogP contribution is -2.40. The molecule has 0 saturated carbocycles. The summed E-state index contributed by atoms with van der Waals surface area (Å²) in [5.41, 5.74) is 2.99. The Morgan fingerprint density at radius 2 is 1.68 bits per heavy atom. The van der Waals surface area contributed by atoms with Gasteiger partial charge in [0.2, 0.25) is 8.32 Å². The van der Waals surface area contributed by atoms with E-state index < -0.39 is 16.6 Å². The van der Waals surface area contributed by atoms with Crippen molar-refractivity contribution < 1.29 is 8.85 Å². The fraction of sp³-hybridized carbons (Fsp3) is 0.810. The molecule has 1 atom stereocenters. The Balaban J connectivity index is 2.55. The summed E-state index contributed by atoms with van der Waals surface area (Å²) in [6.45, 7) is 23.9. The molecule has 25 heavy (non-hydrogen) atoms. The molecule has 0 heterocycles. The van der Waals surface area contributed by atoms with Crippen molar-refractivity contribution in [2.45, 2.75) is 98.1 Å². The maximum atomic E-state index is 6.32. The van der Waals surface area contributed by atoms with Gasteiger partial charge in [0.1, 0.15) is 5.76 Å². The third-order valence-electron chi connectivity index (χ3n) is 5.63. The van der Waals surface area contributed by atoms with Crippen molar-refractivity contribution in [3.05, 3.63) is 23.0 Å². The van der Waals surface area contributed by atoms with Crippen LogP contribution in [0, 0.1) is 5.92 Å². The fourth-order valence-corrected chi connectivity index (χ4v) is 4.93. The number of unbranched alkanes of at least 4 members (excludes halogenated alkanes) is 1. The van der Waals surface area contributed by atoms with Gasteiger partial charge in [-0.05, 0) is 87.9 Å². The van der Waals surface area contributed by atoms with Crippen molar-refractivity contribution in [3.8, 4) is 0 Å². The van der Waals surface area contributed by atoms with Gasteiger partial charge in [-0.15, -0.1) is 0 Å². The van der Waals surface area contributed by atoms with Gasteiger partial charge in [-0.3, -0.25) is 0 Å². The van der Waals surface area contributed by atoms with Crippen molar-refractivity contribution in [2.24, 2.45) is 5.92 Å². The minimum absolute atomic E-state index is 0.303. The first kappa shape index (κ1) is 22.7. The highest BCUT2D eigenvalue weighted by Gasteiger charge is 2.36. The molecule has 1 aliphatic rings. The summed E-state index contributed by atoms with van der Waals surface area (Å²) in [6.07, 6.45) is 6.98. The van der Waals surface area contributed by atoms with Gasteiger partial charge < -0.3 is 8.85 Å². The Morgan fingerprint density at radius 1 is 1.08 bits per heavy atom. The van der Waals surface area contributed by atoms with E-state index in [4.69, 9.17) is 8.85 Å². The molecule has 1 unspecified atom stereocenters.